The summed E-state index contributed by atoms with van der Waals surface area (Å²) in [5.74, 6) is 0.391. The van der Waals surface area contributed by atoms with Crippen LogP contribution in [0.3, 0.4) is 0 Å². The predicted molar refractivity (Wildman–Crippen MR) is 56.5 cm³/mol. The van der Waals surface area contributed by atoms with E-state index in [1.807, 2.05) is 13.8 Å². The van der Waals surface area contributed by atoms with Crippen LogP contribution in [-0.2, 0) is 4.79 Å². The summed E-state index contributed by atoms with van der Waals surface area (Å²) < 4.78 is 0. The SMILES string of the molecule is CC(C)C(=O)CC(N)CC(C)(C)C. The summed E-state index contributed by atoms with van der Waals surface area (Å²) in [6.45, 7) is 10.3. The monoisotopic (exact) mass is 185 g/mol. The summed E-state index contributed by atoms with van der Waals surface area (Å²) in [7, 11) is 0. The Kier molecular flexibility index (Phi) is 4.62. The predicted octanol–water partition coefficient (Wildman–Crippen LogP) is 2.37. The van der Waals surface area contributed by atoms with Crippen molar-refractivity contribution in [3.05, 3.63) is 0 Å². The topological polar surface area (TPSA) is 43.1 Å². The molecule has 0 spiro atoms. The van der Waals surface area contributed by atoms with Crippen molar-refractivity contribution in [2.24, 2.45) is 17.1 Å². The van der Waals surface area contributed by atoms with E-state index in [1.54, 1.807) is 0 Å². The van der Waals surface area contributed by atoms with Crippen LogP contribution in [0.4, 0.5) is 0 Å². The van der Waals surface area contributed by atoms with Crippen molar-refractivity contribution in [2.75, 3.05) is 0 Å². The molecule has 0 saturated carbocycles. The van der Waals surface area contributed by atoms with Crippen LogP contribution in [0.1, 0.15) is 47.5 Å². The van der Waals surface area contributed by atoms with Crippen molar-refractivity contribution >= 4 is 5.78 Å². The smallest absolute Gasteiger partial charge is 0.136 e. The third-order valence-electron chi connectivity index (χ3n) is 1.98. The fraction of sp³-hybridized carbons (Fsp3) is 0.909. The van der Waals surface area contributed by atoms with E-state index in [1.165, 1.54) is 0 Å². The molecule has 2 nitrogen and oxygen atoms in total. The van der Waals surface area contributed by atoms with E-state index >= 15 is 0 Å². The second kappa shape index (κ2) is 4.75. The fourth-order valence-electron chi connectivity index (χ4n) is 1.35. The Labute approximate surface area is 81.9 Å². The average molecular weight is 185 g/mol. The van der Waals surface area contributed by atoms with E-state index in [9.17, 15) is 4.79 Å². The molecule has 0 rings (SSSR count). The molecule has 0 aliphatic heterocycles. The maximum atomic E-state index is 11.4. The van der Waals surface area contributed by atoms with Crippen LogP contribution in [0, 0.1) is 11.3 Å². The largest absolute Gasteiger partial charge is 0.327 e. The summed E-state index contributed by atoms with van der Waals surface area (Å²) in [4.78, 5) is 11.4. The number of ketones is 1. The highest BCUT2D eigenvalue weighted by atomic mass is 16.1. The summed E-state index contributed by atoms with van der Waals surface area (Å²) in [6, 6.07) is 0.0231. The zero-order chi connectivity index (χ0) is 10.6. The minimum atomic E-state index is 0.0231. The average Bonchev–Trinajstić information content (AvgIpc) is 1.81. The van der Waals surface area contributed by atoms with E-state index in [2.05, 4.69) is 20.8 Å². The highest BCUT2D eigenvalue weighted by Crippen LogP contribution is 2.21. The molecule has 0 radical (unpaired) electrons. The van der Waals surface area contributed by atoms with Crippen molar-refractivity contribution < 1.29 is 4.79 Å². The van der Waals surface area contributed by atoms with Crippen LogP contribution in [0.5, 0.6) is 0 Å². The highest BCUT2D eigenvalue weighted by Gasteiger charge is 2.19. The Hall–Kier alpha value is -0.370. The Morgan fingerprint density at radius 3 is 2.08 bits per heavy atom. The number of nitrogens with two attached hydrogens (primary N) is 1. The normalized spacial score (nSPS) is 14.7. The lowest BCUT2D eigenvalue weighted by Crippen LogP contribution is -2.30. The maximum absolute atomic E-state index is 11.4. The zero-order valence-corrected chi connectivity index (χ0v) is 9.55. The lowest BCUT2D eigenvalue weighted by atomic mass is 9.86. The van der Waals surface area contributed by atoms with Crippen molar-refractivity contribution in [1.29, 1.82) is 0 Å². The summed E-state index contributed by atoms with van der Waals surface area (Å²) >= 11 is 0. The Bertz CT molecular complexity index is 167. The van der Waals surface area contributed by atoms with E-state index in [0.717, 1.165) is 6.42 Å². The molecule has 0 aromatic carbocycles. The van der Waals surface area contributed by atoms with Gasteiger partial charge in [0.05, 0.1) is 0 Å². The molecule has 0 aromatic rings. The first kappa shape index (κ1) is 12.6. The van der Waals surface area contributed by atoms with Gasteiger partial charge in [-0.05, 0) is 11.8 Å². The van der Waals surface area contributed by atoms with E-state index in [-0.39, 0.29) is 23.2 Å². The van der Waals surface area contributed by atoms with Crippen LogP contribution < -0.4 is 5.73 Å². The van der Waals surface area contributed by atoms with Gasteiger partial charge in [0, 0.05) is 18.4 Å². The Morgan fingerprint density at radius 1 is 1.31 bits per heavy atom. The molecule has 2 N–H and O–H groups in total. The minimum Gasteiger partial charge on any atom is -0.327 e. The summed E-state index contributed by atoms with van der Waals surface area (Å²) in [6.07, 6.45) is 1.43. The van der Waals surface area contributed by atoms with Gasteiger partial charge in [-0.3, -0.25) is 4.79 Å². The first-order valence-electron chi connectivity index (χ1n) is 5.00. The molecular formula is C11H23NO. The molecule has 13 heavy (non-hydrogen) atoms. The molecule has 0 aliphatic rings. The van der Waals surface area contributed by atoms with Gasteiger partial charge >= 0.3 is 0 Å². The van der Waals surface area contributed by atoms with Crippen LogP contribution in [0.25, 0.3) is 0 Å². The van der Waals surface area contributed by atoms with Gasteiger partial charge in [0.1, 0.15) is 5.78 Å². The summed E-state index contributed by atoms with van der Waals surface area (Å²) in [5.41, 5.74) is 6.10. The van der Waals surface area contributed by atoms with Gasteiger partial charge in [0.15, 0.2) is 0 Å². The summed E-state index contributed by atoms with van der Waals surface area (Å²) in [5, 5.41) is 0. The number of rotatable bonds is 4. The molecule has 78 valence electrons. The molecule has 0 bridgehead atoms. The van der Waals surface area contributed by atoms with Crippen molar-refractivity contribution in [3.8, 4) is 0 Å². The maximum Gasteiger partial charge on any atom is 0.136 e. The van der Waals surface area contributed by atoms with Crippen molar-refractivity contribution in [1.82, 2.24) is 0 Å². The van der Waals surface area contributed by atoms with Gasteiger partial charge < -0.3 is 5.73 Å². The van der Waals surface area contributed by atoms with Gasteiger partial charge in [-0.25, -0.2) is 0 Å². The fourth-order valence-corrected chi connectivity index (χ4v) is 1.35. The second-order valence-corrected chi connectivity index (χ2v) is 5.35. The molecule has 0 amide bonds. The molecule has 0 fully saturated rings. The van der Waals surface area contributed by atoms with Crippen molar-refractivity contribution in [2.45, 2.75) is 53.5 Å². The van der Waals surface area contributed by atoms with E-state index < -0.39 is 0 Å². The van der Waals surface area contributed by atoms with Gasteiger partial charge in [-0.1, -0.05) is 34.6 Å². The van der Waals surface area contributed by atoms with Gasteiger partial charge in [0.25, 0.3) is 0 Å². The van der Waals surface area contributed by atoms with Crippen LogP contribution in [-0.4, -0.2) is 11.8 Å². The molecule has 0 aromatic heterocycles. The number of Topliss-reactive ketones (excluding diaryl/α,β-unsaturated/α-hetero) is 1. The molecule has 0 aliphatic carbocycles. The van der Waals surface area contributed by atoms with E-state index in [4.69, 9.17) is 5.73 Å². The van der Waals surface area contributed by atoms with Gasteiger partial charge in [0.2, 0.25) is 0 Å². The lowest BCUT2D eigenvalue weighted by Gasteiger charge is -2.23. The number of hydrogen-bond acceptors (Lipinski definition) is 2. The molecular weight excluding hydrogens is 162 g/mol. The quantitative estimate of drug-likeness (QED) is 0.730. The van der Waals surface area contributed by atoms with Crippen LogP contribution >= 0.6 is 0 Å². The molecule has 1 unspecified atom stereocenters. The first-order chi connectivity index (χ1) is 5.72. The number of carbonyl (C=O) groups excluding carboxylic acids is 1. The van der Waals surface area contributed by atoms with E-state index in [0.29, 0.717) is 6.42 Å². The minimum absolute atomic E-state index is 0.0231. The highest BCUT2D eigenvalue weighted by molar-refractivity contribution is 5.80. The first-order valence-corrected chi connectivity index (χ1v) is 5.00. The van der Waals surface area contributed by atoms with Crippen molar-refractivity contribution in [3.63, 3.8) is 0 Å². The number of hydrogen-bond donors (Lipinski definition) is 1. The Morgan fingerprint density at radius 2 is 1.77 bits per heavy atom. The molecule has 0 saturated heterocycles. The Balaban J connectivity index is 3.88. The van der Waals surface area contributed by atoms with Crippen LogP contribution in [0.15, 0.2) is 0 Å². The lowest BCUT2D eigenvalue weighted by molar-refractivity contribution is -0.122. The van der Waals surface area contributed by atoms with Gasteiger partial charge in [-0.15, -0.1) is 0 Å². The van der Waals surface area contributed by atoms with Crippen LogP contribution in [0.2, 0.25) is 0 Å². The third-order valence-corrected chi connectivity index (χ3v) is 1.98. The standard InChI is InChI=1S/C11H23NO/c1-8(2)10(13)6-9(12)7-11(3,4)5/h8-9H,6-7,12H2,1-5H3. The number of carbonyl (C=O) groups is 1. The molecule has 1 atom stereocenters. The zero-order valence-electron chi connectivity index (χ0n) is 9.55. The molecule has 0 heterocycles. The third kappa shape index (κ3) is 6.76. The second-order valence-electron chi connectivity index (χ2n) is 5.35. The van der Waals surface area contributed by atoms with Gasteiger partial charge in [-0.2, -0.15) is 0 Å². The molecule has 2 heteroatoms.